The monoisotopic (exact) mass is 399 g/mol. The Labute approximate surface area is 166 Å². The van der Waals surface area contributed by atoms with E-state index in [1.807, 2.05) is 26.8 Å². The Morgan fingerprint density at radius 2 is 2.07 bits per heavy atom. The lowest BCUT2D eigenvalue weighted by atomic mass is 10.0. The van der Waals surface area contributed by atoms with E-state index in [1.165, 1.54) is 21.8 Å². The van der Waals surface area contributed by atoms with E-state index in [4.69, 9.17) is 4.74 Å². The molecule has 3 rings (SSSR count). The van der Waals surface area contributed by atoms with Gasteiger partial charge in [0.1, 0.15) is 18.3 Å². The Hall–Kier alpha value is -3.00. The topological polar surface area (TPSA) is 89.8 Å². The third-order valence-corrected chi connectivity index (χ3v) is 5.04. The summed E-state index contributed by atoms with van der Waals surface area (Å²) in [5.74, 6) is -1.04. The molecule has 1 atom stereocenters. The third kappa shape index (κ3) is 4.45. The molecular weight excluding hydrogens is 378 g/mol. The van der Waals surface area contributed by atoms with E-state index in [9.17, 15) is 14.4 Å². The molecule has 0 fully saturated rings. The first-order valence-electron chi connectivity index (χ1n) is 8.85. The molecule has 0 aromatic carbocycles. The lowest BCUT2D eigenvalue weighted by Crippen LogP contribution is -2.45. The van der Waals surface area contributed by atoms with Gasteiger partial charge in [-0.05, 0) is 35.9 Å². The Morgan fingerprint density at radius 1 is 1.29 bits per heavy atom. The largest absolute Gasteiger partial charge is 0.458 e. The summed E-state index contributed by atoms with van der Waals surface area (Å²) in [6.45, 7) is 5.39. The molecule has 8 heteroatoms. The molecule has 3 aromatic heterocycles. The van der Waals surface area contributed by atoms with Crippen LogP contribution in [-0.2, 0) is 16.1 Å². The second-order valence-electron chi connectivity index (χ2n) is 6.80. The molecule has 0 aliphatic heterocycles. The van der Waals surface area contributed by atoms with E-state index >= 15 is 0 Å². The van der Waals surface area contributed by atoms with Crippen LogP contribution in [0.4, 0.5) is 0 Å². The Balaban J connectivity index is 1.70. The number of aromatic nitrogens is 2. The molecule has 0 aliphatic rings. The van der Waals surface area contributed by atoms with Crippen LogP contribution in [0.15, 0.2) is 46.7 Å². The van der Waals surface area contributed by atoms with Crippen LogP contribution in [0.3, 0.4) is 0 Å². The maximum Gasteiger partial charge on any atom is 0.329 e. The number of hydrogen-bond acceptors (Lipinski definition) is 6. The first-order chi connectivity index (χ1) is 13.3. The highest BCUT2D eigenvalue weighted by Crippen LogP contribution is 2.12. The van der Waals surface area contributed by atoms with Crippen molar-refractivity contribution in [2.75, 3.05) is 0 Å². The number of pyridine rings is 1. The molecule has 3 aromatic rings. The molecule has 0 aliphatic carbocycles. The molecule has 1 N–H and O–H groups in total. The fraction of sp³-hybridized carbons (Fsp3) is 0.300. The minimum absolute atomic E-state index is 0.142. The molecule has 1 amide bonds. The normalized spacial score (nSPS) is 12.1. The predicted octanol–water partition coefficient (Wildman–Crippen LogP) is 2.56. The van der Waals surface area contributed by atoms with Crippen LogP contribution in [0, 0.1) is 12.8 Å². The number of rotatable bonds is 6. The Morgan fingerprint density at radius 3 is 2.75 bits per heavy atom. The number of nitrogens with one attached hydrogen (secondary N) is 1. The number of ether oxygens (including phenoxy) is 1. The van der Waals surface area contributed by atoms with Gasteiger partial charge in [0, 0.05) is 12.3 Å². The van der Waals surface area contributed by atoms with Crippen molar-refractivity contribution < 1.29 is 14.3 Å². The zero-order valence-corrected chi connectivity index (χ0v) is 16.7. The van der Waals surface area contributed by atoms with Gasteiger partial charge < -0.3 is 10.1 Å². The summed E-state index contributed by atoms with van der Waals surface area (Å²) in [4.78, 5) is 41.9. The van der Waals surface area contributed by atoms with E-state index < -0.39 is 12.0 Å². The molecule has 0 saturated heterocycles. The van der Waals surface area contributed by atoms with Crippen molar-refractivity contribution in [2.24, 2.45) is 5.92 Å². The number of nitrogens with zero attached hydrogens (tertiary/aromatic N) is 2. The van der Waals surface area contributed by atoms with E-state index in [0.29, 0.717) is 16.2 Å². The number of aryl methyl sites for hydroxylation is 1. The number of esters is 1. The summed E-state index contributed by atoms with van der Waals surface area (Å²) in [6, 6.07) is 7.60. The summed E-state index contributed by atoms with van der Waals surface area (Å²) in [5, 5.41) is 4.51. The number of thiophene rings is 1. The van der Waals surface area contributed by atoms with E-state index in [-0.39, 0.29) is 24.0 Å². The van der Waals surface area contributed by atoms with Gasteiger partial charge in [-0.25, -0.2) is 9.78 Å². The smallest absolute Gasteiger partial charge is 0.329 e. The van der Waals surface area contributed by atoms with Crippen LogP contribution in [0.2, 0.25) is 0 Å². The maximum atomic E-state index is 12.5. The van der Waals surface area contributed by atoms with Crippen molar-refractivity contribution in [3.05, 3.63) is 68.4 Å². The van der Waals surface area contributed by atoms with E-state index in [2.05, 4.69) is 10.3 Å². The second kappa shape index (κ2) is 8.35. The van der Waals surface area contributed by atoms with Crippen LogP contribution in [0.5, 0.6) is 0 Å². The number of fused-ring (bicyclic) bond motifs is 1. The molecular formula is C20H21N3O4S. The van der Waals surface area contributed by atoms with Crippen LogP contribution < -0.4 is 10.9 Å². The van der Waals surface area contributed by atoms with Crippen molar-refractivity contribution in [3.63, 3.8) is 0 Å². The van der Waals surface area contributed by atoms with Gasteiger partial charge in [-0.2, -0.15) is 0 Å². The molecule has 3 heterocycles. The number of carbonyl (C=O) groups is 2. The Bertz CT molecular complexity index is 1060. The van der Waals surface area contributed by atoms with Crippen LogP contribution in [0.1, 0.15) is 34.8 Å². The minimum Gasteiger partial charge on any atom is -0.458 e. The van der Waals surface area contributed by atoms with Crippen molar-refractivity contribution in [2.45, 2.75) is 33.4 Å². The highest BCUT2D eigenvalue weighted by atomic mass is 32.1. The lowest BCUT2D eigenvalue weighted by Gasteiger charge is -2.20. The molecule has 0 radical (unpaired) electrons. The van der Waals surface area contributed by atoms with Crippen LogP contribution in [-0.4, -0.2) is 27.3 Å². The van der Waals surface area contributed by atoms with Gasteiger partial charge in [0.2, 0.25) is 0 Å². The van der Waals surface area contributed by atoms with Gasteiger partial charge in [0.05, 0.1) is 10.6 Å². The first-order valence-corrected chi connectivity index (χ1v) is 9.73. The zero-order valence-electron chi connectivity index (χ0n) is 15.8. The van der Waals surface area contributed by atoms with E-state index in [1.54, 1.807) is 29.8 Å². The van der Waals surface area contributed by atoms with Gasteiger partial charge in [-0.1, -0.05) is 26.0 Å². The number of hydrogen-bond donors (Lipinski definition) is 1. The quantitative estimate of drug-likeness (QED) is 0.644. The summed E-state index contributed by atoms with van der Waals surface area (Å²) < 4.78 is 6.78. The minimum atomic E-state index is -0.793. The first kappa shape index (κ1) is 19.8. The van der Waals surface area contributed by atoms with Crippen molar-refractivity contribution >= 4 is 28.9 Å². The van der Waals surface area contributed by atoms with Crippen LogP contribution in [0.25, 0.3) is 5.65 Å². The molecule has 0 saturated carbocycles. The Kier molecular flexibility index (Phi) is 5.89. The van der Waals surface area contributed by atoms with Crippen molar-refractivity contribution in [3.8, 4) is 0 Å². The predicted molar refractivity (Wildman–Crippen MR) is 106 cm³/mol. The summed E-state index contributed by atoms with van der Waals surface area (Å²) >= 11 is 1.30. The van der Waals surface area contributed by atoms with Crippen molar-refractivity contribution in [1.82, 2.24) is 14.7 Å². The van der Waals surface area contributed by atoms with Gasteiger partial charge in [-0.3, -0.25) is 14.0 Å². The molecule has 28 heavy (non-hydrogen) atoms. The highest BCUT2D eigenvalue weighted by Gasteiger charge is 2.26. The average molecular weight is 399 g/mol. The average Bonchev–Trinajstić information content (AvgIpc) is 3.19. The highest BCUT2D eigenvalue weighted by molar-refractivity contribution is 7.12. The SMILES string of the molecule is Cc1ccc2nc(COC(=O)[C@@H](NC(=O)c3cccs3)C(C)C)cc(=O)n2c1. The molecule has 0 spiro atoms. The van der Waals surface area contributed by atoms with Gasteiger partial charge in [0.25, 0.3) is 11.5 Å². The summed E-state index contributed by atoms with van der Waals surface area (Å²) in [7, 11) is 0. The summed E-state index contributed by atoms with van der Waals surface area (Å²) in [5.41, 5.74) is 1.54. The van der Waals surface area contributed by atoms with Crippen molar-refractivity contribution in [1.29, 1.82) is 0 Å². The molecule has 146 valence electrons. The lowest BCUT2D eigenvalue weighted by molar-refractivity contribution is -0.148. The summed E-state index contributed by atoms with van der Waals surface area (Å²) in [6.07, 6.45) is 1.70. The van der Waals surface area contributed by atoms with Gasteiger partial charge >= 0.3 is 5.97 Å². The third-order valence-electron chi connectivity index (χ3n) is 4.18. The fourth-order valence-electron chi connectivity index (χ4n) is 2.68. The van der Waals surface area contributed by atoms with Gasteiger partial charge in [-0.15, -0.1) is 11.3 Å². The van der Waals surface area contributed by atoms with Gasteiger partial charge in [0.15, 0.2) is 0 Å². The number of carbonyl (C=O) groups excluding carboxylic acids is 2. The molecule has 0 bridgehead atoms. The van der Waals surface area contributed by atoms with Crippen LogP contribution >= 0.6 is 11.3 Å². The van der Waals surface area contributed by atoms with E-state index in [0.717, 1.165) is 5.56 Å². The fourth-order valence-corrected chi connectivity index (χ4v) is 3.31. The molecule has 7 nitrogen and oxygen atoms in total. The molecule has 0 unspecified atom stereocenters. The number of amides is 1. The standard InChI is InChI=1S/C20H21N3O4S/c1-12(2)18(22-19(25)15-5-4-8-28-15)20(26)27-11-14-9-17(24)23-10-13(3)6-7-16(23)21-14/h4-10,12,18H,11H2,1-3H3,(H,22,25)/t18-/m0/s1. The maximum absolute atomic E-state index is 12.5. The second-order valence-corrected chi connectivity index (χ2v) is 7.75. The zero-order chi connectivity index (χ0) is 20.3.